The number of benzene rings is 14. The van der Waals surface area contributed by atoms with Crippen LogP contribution in [0.15, 0.2) is 470 Å². The van der Waals surface area contributed by atoms with E-state index in [2.05, 4.69) is 482 Å². The summed E-state index contributed by atoms with van der Waals surface area (Å²) in [5.74, 6) is 0. The van der Waals surface area contributed by atoms with Crippen LogP contribution >= 0.6 is 47.6 Å². The molecule has 2 nitrogen and oxygen atoms in total. The second-order valence-electron chi connectivity index (χ2n) is 28.9. The first-order chi connectivity index (χ1) is 59.2. The van der Waals surface area contributed by atoms with E-state index in [9.17, 15) is 0 Å². The van der Waals surface area contributed by atoms with Crippen molar-refractivity contribution in [3.63, 3.8) is 0 Å². The van der Waals surface area contributed by atoms with Crippen LogP contribution in [0.2, 0.25) is 13.3 Å². The van der Waals surface area contributed by atoms with Gasteiger partial charge in [-0.25, -0.2) is 4.98 Å². The number of nitrogens with zero attached hydrogens (tertiary/aromatic N) is 2. The van der Waals surface area contributed by atoms with Crippen molar-refractivity contribution < 1.29 is 20.4 Å². The molecular formula is C112H113BrN2P4PdSn. The molecule has 0 fully saturated rings. The van der Waals surface area contributed by atoms with E-state index in [1.165, 1.54) is 124 Å². The Labute approximate surface area is 755 Å². The van der Waals surface area contributed by atoms with Crippen molar-refractivity contribution in [1.29, 1.82) is 0 Å². The van der Waals surface area contributed by atoms with Gasteiger partial charge in [-0.1, -0.05) is 400 Å². The van der Waals surface area contributed by atoms with E-state index in [0.29, 0.717) is 0 Å². The minimum atomic E-state index is -2.07. The van der Waals surface area contributed by atoms with Gasteiger partial charge in [0.1, 0.15) is 4.60 Å². The largest absolute Gasteiger partial charge is 0.257 e. The fourth-order valence-electron chi connectivity index (χ4n) is 13.7. The van der Waals surface area contributed by atoms with Gasteiger partial charge >= 0.3 is 137 Å². The van der Waals surface area contributed by atoms with Crippen LogP contribution in [0.5, 0.6) is 0 Å². The molecular weight excluding hydrogens is 1800 g/mol. The molecule has 16 rings (SSSR count). The van der Waals surface area contributed by atoms with Crippen LogP contribution in [0.1, 0.15) is 87.2 Å². The standard InChI is InChI=1S/4C18H15P.C14H13N.C8H7.C6H6BrN.3C4H9.Pd.Sn/c4*1-4-10-16(11-5-1)19(17-12-6-2-7-13-17)18-14-8-3-9-15-18;1-12-9-10-15-14(11-12)8-7-13-5-3-2-4-6-13;1-2-8-6-4-3-5-7-8;1-5-2-3-8-6(7)4-5;3*1-3-4-2;;/h4*1-15H;2-11H,1H3;1-7H;2-4H,1H3;3*1,3-4H2,2H3;;/b;;;;8-7+;;;;;;;. The van der Waals surface area contributed by atoms with Crippen LogP contribution in [-0.4, -0.2) is 28.3 Å². The van der Waals surface area contributed by atoms with Gasteiger partial charge < -0.3 is 0 Å². The molecule has 0 saturated carbocycles. The van der Waals surface area contributed by atoms with Crippen molar-refractivity contribution in [2.75, 3.05) is 0 Å². The van der Waals surface area contributed by atoms with Crippen LogP contribution in [0.25, 0.3) is 18.2 Å². The van der Waals surface area contributed by atoms with Crippen molar-refractivity contribution in [1.82, 2.24) is 9.97 Å². The van der Waals surface area contributed by atoms with E-state index in [1.807, 2.05) is 55.6 Å². The number of halogens is 1. The predicted octanol–water partition coefficient (Wildman–Crippen LogP) is 26.6. The first kappa shape index (κ1) is 95.4. The molecule has 2 heterocycles. The summed E-state index contributed by atoms with van der Waals surface area (Å²) in [7, 11) is -1.78. The third-order valence-electron chi connectivity index (χ3n) is 19.8. The molecule has 0 spiro atoms. The van der Waals surface area contributed by atoms with E-state index >= 15 is 0 Å². The summed E-state index contributed by atoms with van der Waals surface area (Å²) in [5, 5.41) is 16.8. The number of unbranched alkanes of at least 4 members (excludes halogenated alkanes) is 3. The summed E-state index contributed by atoms with van der Waals surface area (Å²) >= 11 is 1.18. The van der Waals surface area contributed by atoms with E-state index < -0.39 is 50.1 Å². The summed E-state index contributed by atoms with van der Waals surface area (Å²) < 4.78 is 8.35. The van der Waals surface area contributed by atoms with E-state index in [4.69, 9.17) is 0 Å². The number of aryl methyl sites for hydroxylation is 2. The van der Waals surface area contributed by atoms with Crippen LogP contribution in [-0.2, 0) is 20.4 Å². The monoisotopic (exact) mass is 1910 g/mol. The quantitative estimate of drug-likeness (QED) is 0.0324. The molecule has 612 valence electrons. The molecule has 14 aromatic carbocycles. The number of pyridine rings is 2. The van der Waals surface area contributed by atoms with E-state index in [1.54, 1.807) is 19.5 Å². The van der Waals surface area contributed by atoms with Crippen molar-refractivity contribution in [2.24, 2.45) is 0 Å². The van der Waals surface area contributed by atoms with Gasteiger partial charge in [0.15, 0.2) is 0 Å². The maximum atomic E-state index is 4.27. The molecule has 9 heteroatoms. The molecule has 0 aliphatic heterocycles. The fourth-order valence-corrected chi connectivity index (χ4v) is 37.5. The van der Waals surface area contributed by atoms with Crippen molar-refractivity contribution in [2.45, 2.75) is 86.5 Å². The molecule has 0 bridgehead atoms. The zero-order chi connectivity index (χ0) is 83.5. The van der Waals surface area contributed by atoms with Gasteiger partial charge in [0, 0.05) is 32.8 Å². The number of aromatic nitrogens is 2. The van der Waals surface area contributed by atoms with Gasteiger partial charge in [-0.15, -0.1) is 0 Å². The van der Waals surface area contributed by atoms with Crippen LogP contribution in [0, 0.1) is 13.8 Å². The first-order valence-electron chi connectivity index (χ1n) is 42.0. The summed E-state index contributed by atoms with van der Waals surface area (Å²) in [5.41, 5.74) is 6.05. The molecule has 0 unspecified atom stereocenters. The average molecular weight is 1920 g/mol. The van der Waals surface area contributed by atoms with Gasteiger partial charge in [-0.3, -0.25) is 4.98 Å². The molecule has 2 aromatic heterocycles. The summed E-state index contributed by atoms with van der Waals surface area (Å²) in [6.45, 7) is 11.1. The Bertz CT molecular complexity index is 4510. The Morgan fingerprint density at radius 2 is 0.446 bits per heavy atom. The average Bonchev–Trinajstić information content (AvgIpc) is 0.833. The summed E-state index contributed by atoms with van der Waals surface area (Å²) in [4.78, 5) is 8.22. The second kappa shape index (κ2) is 56.2. The van der Waals surface area contributed by atoms with Crippen LogP contribution < -0.4 is 63.7 Å². The molecule has 121 heavy (non-hydrogen) atoms. The van der Waals surface area contributed by atoms with Crippen molar-refractivity contribution in [3.05, 3.63) is 498 Å². The second-order valence-corrected chi connectivity index (χ2v) is 51.6. The molecule has 0 saturated heterocycles. The Morgan fingerprint density at radius 1 is 0.248 bits per heavy atom. The zero-order valence-electron chi connectivity index (χ0n) is 70.4. The molecule has 0 amide bonds. The van der Waals surface area contributed by atoms with Gasteiger partial charge in [0.25, 0.3) is 0 Å². The summed E-state index contributed by atoms with van der Waals surface area (Å²) in [6.07, 6.45) is 18.6. The molecule has 0 N–H and O–H groups in total. The van der Waals surface area contributed by atoms with Gasteiger partial charge in [-0.2, -0.15) is 0 Å². The summed E-state index contributed by atoms with van der Waals surface area (Å²) in [6, 6.07) is 158. The maximum absolute atomic E-state index is 4.27. The Balaban J connectivity index is 0.000000162. The molecule has 0 radical (unpaired) electrons. The van der Waals surface area contributed by atoms with Gasteiger partial charge in [0.2, 0.25) is 0 Å². The molecule has 0 aliphatic rings. The Morgan fingerprint density at radius 3 is 0.636 bits per heavy atom. The third kappa shape index (κ3) is 33.7. The third-order valence-corrected chi connectivity index (χ3v) is 44.0. The van der Waals surface area contributed by atoms with Crippen molar-refractivity contribution in [3.8, 4) is 0 Å². The van der Waals surface area contributed by atoms with Gasteiger partial charge in [-0.05, 0) is 172 Å². The number of hydrogen-bond donors (Lipinski definition) is 0. The fraction of sp³-hybridized carbons (Fsp3) is 0.125. The number of rotatable bonds is 25. The normalized spacial score (nSPS) is 10.7. The molecule has 16 aromatic rings. The topological polar surface area (TPSA) is 25.8 Å². The van der Waals surface area contributed by atoms with E-state index in [0.717, 1.165) is 10.3 Å². The minimum Gasteiger partial charge on any atom is -0.257 e. The maximum Gasteiger partial charge on any atom is 0.106 e. The predicted molar refractivity (Wildman–Crippen MR) is 542 cm³/mol. The molecule has 0 atom stereocenters. The molecule has 0 aliphatic carbocycles. The van der Waals surface area contributed by atoms with Crippen LogP contribution in [0.4, 0.5) is 0 Å². The first-order valence-corrected chi connectivity index (χ1v) is 55.8. The minimum absolute atomic E-state index is 0. The smallest absolute Gasteiger partial charge is 0.106 e. The Hall–Kier alpha value is -9.48. The SMILES string of the molecule is CCC[CH2][Sn](/[CH]=C/c1ccccc1)([CH2]CCC)[CH2]CCC.Cc1ccnc(/C=C/c2ccccc2)c1.Cc1ccnc(Br)c1.[Pd].c1ccc(P(c2ccccc2)c2ccccc2)cc1.c1ccc(P(c2ccccc2)c2ccccc2)cc1.c1ccc(P(c2ccccc2)c2ccccc2)cc1.c1ccc(P(c2ccccc2)c2ccccc2)cc1. The van der Waals surface area contributed by atoms with Gasteiger partial charge in [0.05, 0.1) is 5.69 Å². The van der Waals surface area contributed by atoms with E-state index in [-0.39, 0.29) is 20.4 Å². The zero-order valence-corrected chi connectivity index (χ0v) is 80.0. The van der Waals surface area contributed by atoms with Crippen molar-refractivity contribution >= 4 is 148 Å². The number of hydrogen-bond acceptors (Lipinski definition) is 2. The Kier molecular flexibility index (Phi) is 44.3. The van der Waals surface area contributed by atoms with Crippen LogP contribution in [0.3, 0.4) is 0 Å².